The summed E-state index contributed by atoms with van der Waals surface area (Å²) in [6, 6.07) is 14.1. The molecule has 0 aliphatic heterocycles. The number of nitrogens with zero attached hydrogens (tertiary/aromatic N) is 2. The predicted molar refractivity (Wildman–Crippen MR) is 118 cm³/mol. The zero-order chi connectivity index (χ0) is 22.4. The first kappa shape index (κ1) is 22.7. The molecule has 0 saturated carbocycles. The highest BCUT2D eigenvalue weighted by atomic mass is 32.2. The Morgan fingerprint density at radius 3 is 2.52 bits per heavy atom. The second kappa shape index (κ2) is 9.88. The number of carbonyl (C=O) groups is 2. The molecule has 2 aromatic carbocycles. The molecule has 0 saturated heterocycles. The van der Waals surface area contributed by atoms with Gasteiger partial charge in [-0.3, -0.25) is 9.59 Å². The Kier molecular flexibility index (Phi) is 7.24. The average Bonchev–Trinajstić information content (AvgIpc) is 3.08. The molecule has 3 rings (SSSR count). The lowest BCUT2D eigenvalue weighted by atomic mass is 10.2. The number of aromatic nitrogens is 1. The van der Waals surface area contributed by atoms with Crippen LogP contribution < -0.4 is 9.54 Å². The predicted octanol–water partition coefficient (Wildman–Crippen LogP) is 2.32. The van der Waals surface area contributed by atoms with Crippen molar-refractivity contribution in [2.45, 2.75) is 18.7 Å². The SMILES string of the molecule is COC(=O)Cn1c(=NC(=O)CCS(=O)(=O)Cc2ccccc2)sc2cc(OC)ccc21. The van der Waals surface area contributed by atoms with Gasteiger partial charge in [-0.25, -0.2) is 8.42 Å². The van der Waals surface area contributed by atoms with Crippen molar-refractivity contribution in [1.82, 2.24) is 4.57 Å². The molecule has 31 heavy (non-hydrogen) atoms. The minimum atomic E-state index is -3.46. The van der Waals surface area contributed by atoms with Crippen molar-refractivity contribution in [1.29, 1.82) is 0 Å². The van der Waals surface area contributed by atoms with Gasteiger partial charge >= 0.3 is 5.97 Å². The van der Waals surface area contributed by atoms with Crippen molar-refractivity contribution in [2.24, 2.45) is 4.99 Å². The van der Waals surface area contributed by atoms with Gasteiger partial charge in [0, 0.05) is 6.42 Å². The standard InChI is InChI=1S/C21H22N2O6S2/c1-28-16-8-9-17-18(12-16)30-21(23(17)13-20(25)29-2)22-19(24)10-11-31(26,27)14-15-6-4-3-5-7-15/h3-9,12H,10-11,13-14H2,1-2H3. The van der Waals surface area contributed by atoms with Crippen LogP contribution in [-0.4, -0.2) is 44.8 Å². The highest BCUT2D eigenvalue weighted by Gasteiger charge is 2.16. The molecular weight excluding hydrogens is 440 g/mol. The van der Waals surface area contributed by atoms with Crippen LogP contribution in [0.15, 0.2) is 53.5 Å². The third kappa shape index (κ3) is 6.02. The number of rotatable bonds is 8. The number of esters is 1. The Morgan fingerprint density at radius 1 is 1.10 bits per heavy atom. The Balaban J connectivity index is 1.83. The number of hydrogen-bond acceptors (Lipinski definition) is 7. The maximum absolute atomic E-state index is 12.4. The smallest absolute Gasteiger partial charge is 0.325 e. The number of amides is 1. The Labute approximate surface area is 183 Å². The molecule has 1 amide bonds. The van der Waals surface area contributed by atoms with E-state index in [2.05, 4.69) is 4.99 Å². The molecule has 0 spiro atoms. The summed E-state index contributed by atoms with van der Waals surface area (Å²) in [6.45, 7) is -0.124. The van der Waals surface area contributed by atoms with Crippen molar-refractivity contribution < 1.29 is 27.5 Å². The van der Waals surface area contributed by atoms with Gasteiger partial charge in [-0.15, -0.1) is 0 Å². The second-order valence-electron chi connectivity index (χ2n) is 6.71. The van der Waals surface area contributed by atoms with Gasteiger partial charge in [0.05, 0.1) is 35.9 Å². The third-order valence-corrected chi connectivity index (χ3v) is 7.12. The minimum Gasteiger partial charge on any atom is -0.497 e. The molecule has 0 aliphatic carbocycles. The van der Waals surface area contributed by atoms with Crippen molar-refractivity contribution in [3.8, 4) is 5.75 Å². The lowest BCUT2D eigenvalue weighted by Gasteiger charge is -2.05. The van der Waals surface area contributed by atoms with E-state index in [9.17, 15) is 18.0 Å². The van der Waals surface area contributed by atoms with Gasteiger partial charge in [-0.2, -0.15) is 4.99 Å². The molecule has 0 atom stereocenters. The van der Waals surface area contributed by atoms with Gasteiger partial charge in [-0.1, -0.05) is 41.7 Å². The van der Waals surface area contributed by atoms with Crippen LogP contribution in [0.3, 0.4) is 0 Å². The van der Waals surface area contributed by atoms with Crippen molar-refractivity contribution in [2.75, 3.05) is 20.0 Å². The number of fused-ring (bicyclic) bond motifs is 1. The molecule has 1 aromatic heterocycles. The normalized spacial score (nSPS) is 12.1. The molecule has 10 heteroatoms. The molecule has 0 radical (unpaired) electrons. The van der Waals surface area contributed by atoms with Crippen molar-refractivity contribution in [3.63, 3.8) is 0 Å². The number of methoxy groups -OCH3 is 2. The average molecular weight is 463 g/mol. The number of hydrogen-bond donors (Lipinski definition) is 0. The van der Waals surface area contributed by atoms with E-state index in [1.165, 1.54) is 18.4 Å². The fraction of sp³-hybridized carbons (Fsp3) is 0.286. The Hall–Kier alpha value is -2.98. The summed E-state index contributed by atoms with van der Waals surface area (Å²) >= 11 is 1.21. The van der Waals surface area contributed by atoms with Crippen LogP contribution in [0.1, 0.15) is 12.0 Å². The summed E-state index contributed by atoms with van der Waals surface area (Å²) < 4.78 is 37.0. The maximum atomic E-state index is 12.4. The molecular formula is C21H22N2O6S2. The quantitative estimate of drug-likeness (QED) is 0.476. The molecule has 0 bridgehead atoms. The van der Waals surface area contributed by atoms with Crippen LogP contribution in [0.25, 0.3) is 10.2 Å². The van der Waals surface area contributed by atoms with Crippen LogP contribution >= 0.6 is 11.3 Å². The number of sulfone groups is 1. The van der Waals surface area contributed by atoms with Gasteiger partial charge < -0.3 is 14.0 Å². The minimum absolute atomic E-state index is 0.124. The largest absolute Gasteiger partial charge is 0.497 e. The van der Waals surface area contributed by atoms with Crippen LogP contribution in [0.2, 0.25) is 0 Å². The molecule has 3 aromatic rings. The molecule has 8 nitrogen and oxygen atoms in total. The van der Waals surface area contributed by atoms with E-state index < -0.39 is 21.7 Å². The van der Waals surface area contributed by atoms with Crippen LogP contribution in [-0.2, 0) is 36.5 Å². The molecule has 0 N–H and O–H groups in total. The molecule has 0 unspecified atom stereocenters. The molecule has 0 aliphatic rings. The highest BCUT2D eigenvalue weighted by Crippen LogP contribution is 2.23. The van der Waals surface area contributed by atoms with Gasteiger partial charge in [-0.05, 0) is 23.8 Å². The summed E-state index contributed by atoms with van der Waals surface area (Å²) in [7, 11) is -0.642. The van der Waals surface area contributed by atoms with Gasteiger partial charge in [0.15, 0.2) is 14.6 Å². The lowest BCUT2D eigenvalue weighted by Crippen LogP contribution is -2.23. The summed E-state index contributed by atoms with van der Waals surface area (Å²) in [5, 5.41) is 0. The van der Waals surface area contributed by atoms with Gasteiger partial charge in [0.25, 0.3) is 0 Å². The molecule has 164 valence electrons. The van der Waals surface area contributed by atoms with E-state index in [1.807, 2.05) is 6.07 Å². The van der Waals surface area contributed by atoms with E-state index in [0.717, 1.165) is 4.70 Å². The van der Waals surface area contributed by atoms with E-state index in [4.69, 9.17) is 9.47 Å². The Bertz CT molecular complexity index is 1260. The number of ether oxygens (including phenoxy) is 2. The zero-order valence-electron chi connectivity index (χ0n) is 17.1. The number of carbonyl (C=O) groups excluding carboxylic acids is 2. The molecule has 1 heterocycles. The summed E-state index contributed by atoms with van der Waals surface area (Å²) in [5.74, 6) is -0.876. The number of thiazole rings is 1. The zero-order valence-corrected chi connectivity index (χ0v) is 18.7. The van der Waals surface area contributed by atoms with E-state index in [0.29, 0.717) is 21.6 Å². The van der Waals surface area contributed by atoms with E-state index in [-0.39, 0.29) is 24.5 Å². The maximum Gasteiger partial charge on any atom is 0.325 e. The summed E-state index contributed by atoms with van der Waals surface area (Å²) in [4.78, 5) is 28.7. The number of benzene rings is 2. The van der Waals surface area contributed by atoms with E-state index >= 15 is 0 Å². The fourth-order valence-electron chi connectivity index (χ4n) is 2.92. The van der Waals surface area contributed by atoms with Crippen molar-refractivity contribution in [3.05, 3.63) is 58.9 Å². The highest BCUT2D eigenvalue weighted by molar-refractivity contribution is 7.90. The fourth-order valence-corrected chi connectivity index (χ4v) is 5.32. The van der Waals surface area contributed by atoms with Gasteiger partial charge in [0.1, 0.15) is 12.3 Å². The van der Waals surface area contributed by atoms with Crippen LogP contribution in [0, 0.1) is 0 Å². The monoisotopic (exact) mass is 462 g/mol. The third-order valence-electron chi connectivity index (χ3n) is 4.48. The van der Waals surface area contributed by atoms with Crippen LogP contribution in [0.5, 0.6) is 5.75 Å². The van der Waals surface area contributed by atoms with E-state index in [1.54, 1.807) is 54.1 Å². The lowest BCUT2D eigenvalue weighted by molar-refractivity contribution is -0.141. The van der Waals surface area contributed by atoms with Crippen LogP contribution in [0.4, 0.5) is 0 Å². The first-order valence-electron chi connectivity index (χ1n) is 9.37. The van der Waals surface area contributed by atoms with Gasteiger partial charge in [0.2, 0.25) is 5.91 Å². The molecule has 0 fully saturated rings. The topological polar surface area (TPSA) is 104 Å². The second-order valence-corrected chi connectivity index (χ2v) is 9.91. The van der Waals surface area contributed by atoms with Crippen molar-refractivity contribution >= 4 is 43.3 Å². The summed E-state index contributed by atoms with van der Waals surface area (Å²) in [5.41, 5.74) is 1.36. The first-order valence-corrected chi connectivity index (χ1v) is 12.0. The first-order chi connectivity index (χ1) is 14.8. The Morgan fingerprint density at radius 2 is 1.84 bits per heavy atom. The summed E-state index contributed by atoms with van der Waals surface area (Å²) in [6.07, 6.45) is -0.245.